The Morgan fingerprint density at radius 3 is 1.30 bits per heavy atom. The van der Waals surface area contributed by atoms with Gasteiger partial charge in [-0.3, -0.25) is 0 Å². The zero-order valence-corrected chi connectivity index (χ0v) is 50.9. The van der Waals surface area contributed by atoms with Gasteiger partial charge in [0.2, 0.25) is 0 Å². The lowest BCUT2D eigenvalue weighted by molar-refractivity contribution is 0.332. The van der Waals surface area contributed by atoms with E-state index < -0.39 is 0 Å². The van der Waals surface area contributed by atoms with Crippen molar-refractivity contribution in [1.82, 2.24) is 8.80 Å². The van der Waals surface area contributed by atoms with Crippen LogP contribution in [0.25, 0.3) is 98.4 Å². The average molecular weight is 1120 g/mol. The summed E-state index contributed by atoms with van der Waals surface area (Å²) in [5.74, 6) is 0. The molecule has 19 rings (SSSR count). The number of fused-ring (bicyclic) bond motifs is 18. The van der Waals surface area contributed by atoms with E-state index in [2.05, 4.69) is 286 Å². The summed E-state index contributed by atoms with van der Waals surface area (Å²) >= 11 is 0. The second-order valence-electron chi connectivity index (χ2n) is 28.9. The lowest BCUT2D eigenvalue weighted by atomic mass is 9.33. The Labute approximate surface area is 508 Å². The molecular weight excluding hydrogens is 1050 g/mol. The fraction of sp³-hybridized carbons (Fsp3) is 0.195. The molecule has 0 radical (unpaired) electrons. The number of rotatable bonds is 4. The molecule has 0 saturated carbocycles. The highest BCUT2D eigenvalue weighted by atomic mass is 15.2. The maximum atomic E-state index is 2.73. The number of hydrogen-bond acceptors (Lipinski definition) is 2. The highest BCUT2D eigenvalue weighted by molar-refractivity contribution is 7.00. The highest BCUT2D eigenvalue weighted by Gasteiger charge is 2.48. The molecule has 0 saturated heterocycles. The van der Waals surface area contributed by atoms with Gasteiger partial charge < -0.3 is 18.6 Å². The van der Waals surface area contributed by atoms with Gasteiger partial charge in [-0.2, -0.15) is 0 Å². The summed E-state index contributed by atoms with van der Waals surface area (Å²) < 4.78 is 5.00. The molecule has 15 aromatic rings. The molecule has 6 heterocycles. The fourth-order valence-electron chi connectivity index (χ4n) is 17.5. The zero-order valence-electron chi connectivity index (χ0n) is 50.9. The third-order valence-corrected chi connectivity index (χ3v) is 22.3. The molecule has 0 spiro atoms. The van der Waals surface area contributed by atoms with Crippen molar-refractivity contribution in [3.05, 3.63) is 235 Å². The molecule has 4 nitrogen and oxygen atoms in total. The summed E-state index contributed by atoms with van der Waals surface area (Å²) in [6.45, 7) is 19.8. The first kappa shape index (κ1) is 49.9. The third-order valence-electron chi connectivity index (χ3n) is 22.3. The fourth-order valence-corrected chi connectivity index (χ4v) is 17.5. The van der Waals surface area contributed by atoms with Crippen LogP contribution in [0.4, 0.5) is 34.1 Å². The van der Waals surface area contributed by atoms with Crippen molar-refractivity contribution < 1.29 is 0 Å². The predicted octanol–water partition coefficient (Wildman–Crippen LogP) is 20.1. The van der Waals surface area contributed by atoms with E-state index in [1.807, 2.05) is 0 Å². The standard InChI is InChI=1S/C82H67BN4/c1-79(2)36-37-80(3,4)63-45-53(31-32-62(63)79)85-73-47-65-64(81(5,6)38-39-82(65,7)8)46-67(73)83-66-33-28-50(48-29-34-70-60(40-48)58-24-16-22-56-54-20-12-14-26-68(54)86(70)77(56)58)42-72(66)84(52-18-10-9-11-19-52)74-43-51(44-75(85)76(74)83)49-30-35-71-61(41-49)59-25-17-23-57-55-21-13-15-27-69(55)87(71)78(57)59/h9-35,40-47H,36-39H2,1-8H3. The van der Waals surface area contributed by atoms with Crippen LogP contribution in [-0.4, -0.2) is 15.5 Å². The predicted molar refractivity (Wildman–Crippen MR) is 371 cm³/mol. The Hall–Kier alpha value is -9.32. The monoisotopic (exact) mass is 1120 g/mol. The Morgan fingerprint density at radius 1 is 0.287 bits per heavy atom. The number of aromatic nitrogens is 2. The van der Waals surface area contributed by atoms with Crippen molar-refractivity contribution in [3.63, 3.8) is 0 Å². The minimum Gasteiger partial charge on any atom is -0.311 e. The lowest BCUT2D eigenvalue weighted by Crippen LogP contribution is -2.61. The van der Waals surface area contributed by atoms with Crippen molar-refractivity contribution in [2.75, 3.05) is 9.80 Å². The summed E-state index contributed by atoms with van der Waals surface area (Å²) in [6.07, 6.45) is 4.62. The van der Waals surface area contributed by atoms with E-state index in [9.17, 15) is 0 Å². The molecule has 0 atom stereocenters. The summed E-state index contributed by atoms with van der Waals surface area (Å²) in [6, 6.07) is 82.9. The summed E-state index contributed by atoms with van der Waals surface area (Å²) in [5, 5.41) is 10.4. The molecule has 418 valence electrons. The van der Waals surface area contributed by atoms with Crippen LogP contribution in [0.3, 0.4) is 0 Å². The van der Waals surface area contributed by atoms with E-state index in [1.165, 1.54) is 172 Å². The van der Waals surface area contributed by atoms with Gasteiger partial charge in [0.05, 0.1) is 33.1 Å². The number of benzene rings is 11. The maximum Gasteiger partial charge on any atom is 0.252 e. The van der Waals surface area contributed by atoms with Gasteiger partial charge in [-0.1, -0.05) is 183 Å². The van der Waals surface area contributed by atoms with Gasteiger partial charge in [-0.25, -0.2) is 0 Å². The van der Waals surface area contributed by atoms with Crippen LogP contribution in [0.1, 0.15) is 103 Å². The molecule has 0 amide bonds. The summed E-state index contributed by atoms with van der Waals surface area (Å²) in [7, 11) is 0. The van der Waals surface area contributed by atoms with Crippen LogP contribution in [0, 0.1) is 0 Å². The van der Waals surface area contributed by atoms with Crippen molar-refractivity contribution >= 4 is 133 Å². The molecule has 4 aliphatic rings. The minimum absolute atomic E-state index is 0.00128. The van der Waals surface area contributed by atoms with E-state index in [4.69, 9.17) is 0 Å². The maximum absolute atomic E-state index is 2.73. The average Bonchev–Trinajstić information content (AvgIpc) is 1.76. The molecule has 2 aliphatic carbocycles. The Bertz CT molecular complexity index is 5500. The second kappa shape index (κ2) is 16.8. The summed E-state index contributed by atoms with van der Waals surface area (Å²) in [4.78, 5) is 5.35. The molecule has 0 bridgehead atoms. The smallest absolute Gasteiger partial charge is 0.252 e. The molecule has 0 N–H and O–H groups in total. The Balaban J connectivity index is 0.905. The first-order chi connectivity index (χ1) is 42.1. The largest absolute Gasteiger partial charge is 0.311 e. The molecule has 4 aromatic heterocycles. The lowest BCUT2D eigenvalue weighted by Gasteiger charge is -2.48. The van der Waals surface area contributed by atoms with E-state index in [1.54, 1.807) is 0 Å². The zero-order chi connectivity index (χ0) is 58.4. The van der Waals surface area contributed by atoms with E-state index in [0.29, 0.717) is 0 Å². The minimum atomic E-state index is -0.0490. The van der Waals surface area contributed by atoms with Gasteiger partial charge in [0.25, 0.3) is 6.71 Å². The van der Waals surface area contributed by atoms with Crippen molar-refractivity contribution in [2.24, 2.45) is 0 Å². The highest BCUT2D eigenvalue weighted by Crippen LogP contribution is 2.54. The molecule has 11 aromatic carbocycles. The van der Waals surface area contributed by atoms with Crippen LogP contribution in [0.5, 0.6) is 0 Å². The van der Waals surface area contributed by atoms with Crippen LogP contribution < -0.4 is 26.2 Å². The van der Waals surface area contributed by atoms with Crippen molar-refractivity contribution in [3.8, 4) is 22.3 Å². The quantitative estimate of drug-likeness (QED) is 0.163. The van der Waals surface area contributed by atoms with E-state index >= 15 is 0 Å². The van der Waals surface area contributed by atoms with Gasteiger partial charge in [-0.05, 0) is 193 Å². The van der Waals surface area contributed by atoms with Crippen molar-refractivity contribution in [2.45, 2.75) is 103 Å². The topological polar surface area (TPSA) is 15.3 Å². The van der Waals surface area contributed by atoms with Crippen LogP contribution in [-0.2, 0) is 21.7 Å². The molecule has 87 heavy (non-hydrogen) atoms. The van der Waals surface area contributed by atoms with Crippen molar-refractivity contribution in [1.29, 1.82) is 0 Å². The number of para-hydroxylation sites is 5. The number of anilines is 6. The van der Waals surface area contributed by atoms with Crippen LogP contribution in [0.2, 0.25) is 0 Å². The first-order valence-corrected chi connectivity index (χ1v) is 31.8. The first-order valence-electron chi connectivity index (χ1n) is 31.8. The molecular formula is C82H67BN4. The van der Waals surface area contributed by atoms with Gasteiger partial charge >= 0.3 is 0 Å². The Morgan fingerprint density at radius 2 is 0.713 bits per heavy atom. The molecule has 5 heteroatoms. The van der Waals surface area contributed by atoms with Gasteiger partial charge in [0, 0.05) is 77.2 Å². The molecule has 0 fully saturated rings. The van der Waals surface area contributed by atoms with Gasteiger partial charge in [0.15, 0.2) is 0 Å². The van der Waals surface area contributed by atoms with E-state index in [0.717, 1.165) is 24.9 Å². The number of nitrogens with zero attached hydrogens (tertiary/aromatic N) is 4. The molecule has 0 unspecified atom stereocenters. The SMILES string of the molecule is CC1(C)CCC(C)(C)c2cc(N3c4cc5c(cc4B4c6ccc(-c7ccc8c(c7)c7cccc9c%10ccccc%10n8c97)cc6N(c6ccccc6)c6cc(-c7ccc8c(c7)c7cccc9c%10ccccc%10n8c97)cc3c64)C(C)(C)CCC5(C)C)ccc21. The Kier molecular flexibility index (Phi) is 9.64. The van der Waals surface area contributed by atoms with Gasteiger partial charge in [-0.15, -0.1) is 0 Å². The molecule has 2 aliphatic heterocycles. The van der Waals surface area contributed by atoms with E-state index in [-0.39, 0.29) is 28.4 Å². The number of hydrogen-bond donors (Lipinski definition) is 0. The van der Waals surface area contributed by atoms with Gasteiger partial charge in [0.1, 0.15) is 0 Å². The van der Waals surface area contributed by atoms with Crippen LogP contribution in [0.15, 0.2) is 212 Å². The summed E-state index contributed by atoms with van der Waals surface area (Å²) in [5.41, 5.74) is 30.0. The third kappa shape index (κ3) is 6.59. The second-order valence-corrected chi connectivity index (χ2v) is 28.9. The normalized spacial score (nSPS) is 17.1. The van der Waals surface area contributed by atoms with Crippen LogP contribution >= 0.6 is 0 Å².